The normalized spacial score (nSPS) is 9.47. The highest BCUT2D eigenvalue weighted by Gasteiger charge is 2.07. The Bertz CT molecular complexity index is 376. The number of methoxy groups -OCH3 is 2. The number of nitrogens with zero attached hydrogens (tertiary/aromatic N) is 1. The van der Waals surface area contributed by atoms with Gasteiger partial charge in [-0.2, -0.15) is 0 Å². The molecule has 1 aromatic rings. The summed E-state index contributed by atoms with van der Waals surface area (Å²) in [5, 5.41) is 2.81. The monoisotopic (exact) mass is 209 g/mol. The van der Waals surface area contributed by atoms with Crippen LogP contribution in [-0.2, 0) is 16.0 Å². The largest absolute Gasteiger partial charge is 0.494 e. The zero-order valence-corrected chi connectivity index (χ0v) is 8.52. The molecule has 80 valence electrons. The number of nitroso groups, excluding NO2 is 1. The highest BCUT2D eigenvalue weighted by atomic mass is 16.5. The van der Waals surface area contributed by atoms with Crippen molar-refractivity contribution in [2.45, 2.75) is 6.42 Å². The first kappa shape index (κ1) is 11.2. The van der Waals surface area contributed by atoms with Gasteiger partial charge in [0, 0.05) is 0 Å². The Labute approximate surface area is 87.0 Å². The Balaban J connectivity index is 2.92. The molecule has 0 aliphatic carbocycles. The third-order valence-corrected chi connectivity index (χ3v) is 1.92. The molecule has 0 heterocycles. The lowest BCUT2D eigenvalue weighted by Gasteiger charge is -2.04. The van der Waals surface area contributed by atoms with Crippen molar-refractivity contribution in [3.05, 3.63) is 28.7 Å². The number of rotatable bonds is 4. The van der Waals surface area contributed by atoms with Crippen molar-refractivity contribution in [1.29, 1.82) is 0 Å². The zero-order valence-electron chi connectivity index (χ0n) is 8.52. The van der Waals surface area contributed by atoms with Crippen LogP contribution in [0.2, 0.25) is 0 Å². The highest BCUT2D eigenvalue weighted by Crippen LogP contribution is 2.28. The van der Waals surface area contributed by atoms with Crippen molar-refractivity contribution < 1.29 is 14.3 Å². The standard InChI is InChI=1S/C10H11NO4/c1-14-9-4-3-7(5-8(9)11-13)6-10(12)15-2/h3-5H,6H2,1-2H3. The van der Waals surface area contributed by atoms with Crippen LogP contribution in [0.25, 0.3) is 0 Å². The van der Waals surface area contributed by atoms with E-state index in [-0.39, 0.29) is 18.1 Å². The van der Waals surface area contributed by atoms with Gasteiger partial charge in [0.2, 0.25) is 0 Å². The van der Waals surface area contributed by atoms with Gasteiger partial charge in [-0.05, 0) is 22.9 Å². The molecule has 0 unspecified atom stereocenters. The summed E-state index contributed by atoms with van der Waals surface area (Å²) in [6.45, 7) is 0. The molecule has 5 heteroatoms. The van der Waals surface area contributed by atoms with E-state index in [9.17, 15) is 9.70 Å². The molecule has 1 rings (SSSR count). The number of ether oxygens (including phenoxy) is 2. The van der Waals surface area contributed by atoms with Crippen LogP contribution in [-0.4, -0.2) is 20.2 Å². The molecule has 0 fully saturated rings. The van der Waals surface area contributed by atoms with E-state index in [2.05, 4.69) is 9.91 Å². The fourth-order valence-corrected chi connectivity index (χ4v) is 1.16. The minimum Gasteiger partial charge on any atom is -0.494 e. The predicted octanol–water partition coefficient (Wildman–Crippen LogP) is 1.81. The van der Waals surface area contributed by atoms with Gasteiger partial charge in [0.15, 0.2) is 0 Å². The lowest BCUT2D eigenvalue weighted by molar-refractivity contribution is -0.139. The second-order valence-electron chi connectivity index (χ2n) is 2.85. The number of hydrogen-bond acceptors (Lipinski definition) is 5. The maximum absolute atomic E-state index is 11.0. The first-order chi connectivity index (χ1) is 7.21. The molecule has 0 aromatic heterocycles. The van der Waals surface area contributed by atoms with E-state index in [1.54, 1.807) is 12.1 Å². The van der Waals surface area contributed by atoms with Crippen molar-refractivity contribution >= 4 is 11.7 Å². The second kappa shape index (κ2) is 5.09. The number of esters is 1. The average molecular weight is 209 g/mol. The van der Waals surface area contributed by atoms with Crippen LogP contribution in [0.3, 0.4) is 0 Å². The minimum absolute atomic E-state index is 0.114. The molecular weight excluding hydrogens is 198 g/mol. The molecule has 0 saturated carbocycles. The summed E-state index contributed by atoms with van der Waals surface area (Å²) in [5.74, 6) is 0.0237. The van der Waals surface area contributed by atoms with Gasteiger partial charge in [-0.25, -0.2) is 0 Å². The first-order valence-corrected chi connectivity index (χ1v) is 4.28. The van der Waals surface area contributed by atoms with Crippen LogP contribution >= 0.6 is 0 Å². The number of hydrogen-bond donors (Lipinski definition) is 0. The van der Waals surface area contributed by atoms with Crippen molar-refractivity contribution in [2.24, 2.45) is 5.18 Å². The molecule has 0 saturated heterocycles. The van der Waals surface area contributed by atoms with E-state index in [1.165, 1.54) is 20.3 Å². The van der Waals surface area contributed by atoms with Gasteiger partial charge < -0.3 is 9.47 Å². The SMILES string of the molecule is COC(=O)Cc1ccc(OC)c(N=O)c1. The third kappa shape index (κ3) is 2.77. The van der Waals surface area contributed by atoms with Crippen molar-refractivity contribution in [3.63, 3.8) is 0 Å². The molecule has 0 aliphatic rings. The molecular formula is C10H11NO4. The van der Waals surface area contributed by atoms with Gasteiger partial charge in [0.25, 0.3) is 0 Å². The van der Waals surface area contributed by atoms with Crippen molar-refractivity contribution in [2.75, 3.05) is 14.2 Å². The third-order valence-electron chi connectivity index (χ3n) is 1.92. The molecule has 0 amide bonds. The van der Waals surface area contributed by atoms with Gasteiger partial charge in [-0.15, -0.1) is 4.91 Å². The molecule has 0 bridgehead atoms. The lowest BCUT2D eigenvalue weighted by atomic mass is 10.1. The van der Waals surface area contributed by atoms with E-state index in [4.69, 9.17) is 4.74 Å². The molecule has 0 N–H and O–H groups in total. The number of carbonyl (C=O) groups is 1. The molecule has 0 radical (unpaired) electrons. The summed E-state index contributed by atoms with van der Waals surface area (Å²) < 4.78 is 9.42. The maximum atomic E-state index is 11.0. The Morgan fingerprint density at radius 2 is 2.13 bits per heavy atom. The molecule has 5 nitrogen and oxygen atoms in total. The van der Waals surface area contributed by atoms with Crippen LogP contribution in [0.1, 0.15) is 5.56 Å². The van der Waals surface area contributed by atoms with E-state index in [0.717, 1.165) is 0 Å². The molecule has 15 heavy (non-hydrogen) atoms. The summed E-state index contributed by atoms with van der Waals surface area (Å²) in [6, 6.07) is 4.78. The molecule has 0 aliphatic heterocycles. The van der Waals surface area contributed by atoms with Gasteiger partial charge >= 0.3 is 5.97 Å². The first-order valence-electron chi connectivity index (χ1n) is 4.28. The quantitative estimate of drug-likeness (QED) is 0.560. The zero-order chi connectivity index (χ0) is 11.3. The second-order valence-corrected chi connectivity index (χ2v) is 2.85. The topological polar surface area (TPSA) is 65.0 Å². The van der Waals surface area contributed by atoms with Crippen LogP contribution < -0.4 is 4.74 Å². The smallest absolute Gasteiger partial charge is 0.309 e. The minimum atomic E-state index is -0.364. The summed E-state index contributed by atoms with van der Waals surface area (Å²) in [5.41, 5.74) is 0.844. The Kier molecular flexibility index (Phi) is 3.79. The summed E-state index contributed by atoms with van der Waals surface area (Å²) in [7, 11) is 2.76. The summed E-state index contributed by atoms with van der Waals surface area (Å²) in [4.78, 5) is 21.4. The van der Waals surface area contributed by atoms with Crippen molar-refractivity contribution in [1.82, 2.24) is 0 Å². The Morgan fingerprint density at radius 1 is 1.40 bits per heavy atom. The van der Waals surface area contributed by atoms with Gasteiger partial charge in [0.1, 0.15) is 11.4 Å². The molecule has 1 aromatic carbocycles. The number of benzene rings is 1. The molecule has 0 atom stereocenters. The fourth-order valence-electron chi connectivity index (χ4n) is 1.16. The van der Waals surface area contributed by atoms with Gasteiger partial charge in [-0.3, -0.25) is 4.79 Å². The lowest BCUT2D eigenvalue weighted by Crippen LogP contribution is -2.04. The Morgan fingerprint density at radius 3 is 2.67 bits per heavy atom. The van der Waals surface area contributed by atoms with E-state index in [0.29, 0.717) is 11.3 Å². The summed E-state index contributed by atoms with van der Waals surface area (Å²) in [6.07, 6.45) is 0.114. The van der Waals surface area contributed by atoms with E-state index < -0.39 is 0 Å². The van der Waals surface area contributed by atoms with E-state index in [1.807, 2.05) is 0 Å². The predicted molar refractivity (Wildman–Crippen MR) is 54.2 cm³/mol. The van der Waals surface area contributed by atoms with Gasteiger partial charge in [0.05, 0.1) is 20.6 Å². The number of carbonyl (C=O) groups excluding carboxylic acids is 1. The Hall–Kier alpha value is -1.91. The highest BCUT2D eigenvalue weighted by molar-refractivity contribution is 5.73. The fraction of sp³-hybridized carbons (Fsp3) is 0.300. The van der Waals surface area contributed by atoms with Crippen molar-refractivity contribution in [3.8, 4) is 5.75 Å². The van der Waals surface area contributed by atoms with Crippen LogP contribution in [0.4, 0.5) is 5.69 Å². The van der Waals surface area contributed by atoms with Crippen LogP contribution in [0.5, 0.6) is 5.75 Å². The van der Waals surface area contributed by atoms with Crippen LogP contribution in [0.15, 0.2) is 23.4 Å². The average Bonchev–Trinajstić information content (AvgIpc) is 2.28. The van der Waals surface area contributed by atoms with Gasteiger partial charge in [-0.1, -0.05) is 6.07 Å². The van der Waals surface area contributed by atoms with Crippen LogP contribution in [0, 0.1) is 4.91 Å². The summed E-state index contributed by atoms with van der Waals surface area (Å²) >= 11 is 0. The van der Waals surface area contributed by atoms with E-state index >= 15 is 0 Å². The maximum Gasteiger partial charge on any atom is 0.309 e. The molecule has 0 spiro atoms.